The van der Waals surface area contributed by atoms with E-state index in [4.69, 9.17) is 17.3 Å². The second-order valence-electron chi connectivity index (χ2n) is 3.89. The zero-order valence-electron chi connectivity index (χ0n) is 9.72. The molecule has 1 amide bonds. The molecule has 2 aromatic rings. The van der Waals surface area contributed by atoms with Gasteiger partial charge in [0.15, 0.2) is 11.5 Å². The lowest BCUT2D eigenvalue weighted by Crippen LogP contribution is -2.13. The lowest BCUT2D eigenvalue weighted by atomic mass is 10.2. The Morgan fingerprint density at radius 2 is 1.84 bits per heavy atom. The number of amides is 1. The van der Waals surface area contributed by atoms with Crippen molar-refractivity contribution >= 4 is 28.9 Å². The number of carbonyl (C=O) groups excluding carboxylic acids is 1. The number of rotatable bonds is 2. The largest absolute Gasteiger partial charge is 0.504 e. The Morgan fingerprint density at radius 3 is 2.47 bits per heavy atom. The number of nitrogen functional groups attached to an aromatic ring is 1. The normalized spacial score (nSPS) is 10.2. The van der Waals surface area contributed by atoms with Gasteiger partial charge in [0.25, 0.3) is 5.91 Å². The Hall–Kier alpha value is -2.40. The molecule has 19 heavy (non-hydrogen) atoms. The number of phenolic OH excluding ortho intramolecular Hbond substituents is 2. The summed E-state index contributed by atoms with van der Waals surface area (Å²) in [5, 5.41) is 21.6. The molecule has 0 aliphatic carbocycles. The molecule has 0 bridgehead atoms. The topological polar surface area (TPSA) is 95.6 Å². The van der Waals surface area contributed by atoms with Crippen LogP contribution in [0.4, 0.5) is 11.4 Å². The highest BCUT2D eigenvalue weighted by Crippen LogP contribution is 2.26. The first kappa shape index (κ1) is 13.0. The Kier molecular flexibility index (Phi) is 3.48. The smallest absolute Gasteiger partial charge is 0.255 e. The molecule has 0 aromatic heterocycles. The SMILES string of the molecule is Nc1cc(Cl)ccc1NC(=O)c1ccc(O)c(O)c1. The van der Waals surface area contributed by atoms with Crippen molar-refractivity contribution < 1.29 is 15.0 Å². The minimum absolute atomic E-state index is 0.199. The lowest BCUT2D eigenvalue weighted by Gasteiger charge is -2.09. The molecule has 5 nitrogen and oxygen atoms in total. The third kappa shape index (κ3) is 2.89. The molecule has 0 aliphatic rings. The van der Waals surface area contributed by atoms with E-state index >= 15 is 0 Å². The van der Waals surface area contributed by atoms with Gasteiger partial charge >= 0.3 is 0 Å². The van der Waals surface area contributed by atoms with Gasteiger partial charge in [-0.15, -0.1) is 0 Å². The fraction of sp³-hybridized carbons (Fsp3) is 0. The molecule has 0 saturated heterocycles. The maximum atomic E-state index is 11.9. The average molecular weight is 279 g/mol. The molecule has 6 heteroatoms. The van der Waals surface area contributed by atoms with Gasteiger partial charge in [-0.25, -0.2) is 0 Å². The van der Waals surface area contributed by atoms with E-state index in [0.717, 1.165) is 6.07 Å². The van der Waals surface area contributed by atoms with Gasteiger partial charge in [0, 0.05) is 10.6 Å². The number of phenols is 2. The van der Waals surface area contributed by atoms with Crippen LogP contribution in [0.1, 0.15) is 10.4 Å². The van der Waals surface area contributed by atoms with Gasteiger partial charge < -0.3 is 21.3 Å². The maximum Gasteiger partial charge on any atom is 0.255 e. The van der Waals surface area contributed by atoms with Gasteiger partial charge in [-0.3, -0.25) is 4.79 Å². The van der Waals surface area contributed by atoms with Crippen molar-refractivity contribution in [2.45, 2.75) is 0 Å². The van der Waals surface area contributed by atoms with E-state index < -0.39 is 5.91 Å². The molecular weight excluding hydrogens is 268 g/mol. The van der Waals surface area contributed by atoms with Crippen LogP contribution in [0.15, 0.2) is 36.4 Å². The van der Waals surface area contributed by atoms with E-state index in [9.17, 15) is 15.0 Å². The number of anilines is 2. The zero-order valence-corrected chi connectivity index (χ0v) is 10.5. The van der Waals surface area contributed by atoms with Crippen LogP contribution in [-0.2, 0) is 0 Å². The molecule has 5 N–H and O–H groups in total. The van der Waals surface area contributed by atoms with E-state index in [1.165, 1.54) is 18.2 Å². The minimum atomic E-state index is -0.454. The second kappa shape index (κ2) is 5.07. The third-order valence-corrected chi connectivity index (χ3v) is 2.73. The van der Waals surface area contributed by atoms with Crippen molar-refractivity contribution in [1.29, 1.82) is 0 Å². The van der Waals surface area contributed by atoms with Crippen LogP contribution in [0.5, 0.6) is 11.5 Å². The molecule has 0 saturated carbocycles. The maximum absolute atomic E-state index is 11.9. The summed E-state index contributed by atoms with van der Waals surface area (Å²) in [6.45, 7) is 0. The van der Waals surface area contributed by atoms with Crippen LogP contribution < -0.4 is 11.1 Å². The average Bonchev–Trinajstić information content (AvgIpc) is 2.36. The first-order valence-corrected chi connectivity index (χ1v) is 5.73. The first-order chi connectivity index (χ1) is 8.97. The van der Waals surface area contributed by atoms with Gasteiger partial charge in [0.2, 0.25) is 0 Å². The molecule has 0 radical (unpaired) electrons. The van der Waals surface area contributed by atoms with Crippen LogP contribution in [0.25, 0.3) is 0 Å². The lowest BCUT2D eigenvalue weighted by molar-refractivity contribution is 0.102. The predicted molar refractivity (Wildman–Crippen MR) is 73.6 cm³/mol. The Labute approximate surface area is 114 Å². The number of benzene rings is 2. The van der Waals surface area contributed by atoms with Crippen LogP contribution in [0, 0.1) is 0 Å². The van der Waals surface area contributed by atoms with Crippen LogP contribution in [0.2, 0.25) is 5.02 Å². The molecule has 2 aromatic carbocycles. The molecule has 98 valence electrons. The summed E-state index contributed by atoms with van der Waals surface area (Å²) in [5.41, 5.74) is 6.67. The second-order valence-corrected chi connectivity index (χ2v) is 4.33. The van der Waals surface area contributed by atoms with Crippen molar-refractivity contribution in [2.24, 2.45) is 0 Å². The van der Waals surface area contributed by atoms with Crippen molar-refractivity contribution in [2.75, 3.05) is 11.1 Å². The summed E-state index contributed by atoms with van der Waals surface area (Å²) < 4.78 is 0. The quantitative estimate of drug-likeness (QED) is 0.501. The van der Waals surface area contributed by atoms with Crippen molar-refractivity contribution in [3.05, 3.63) is 47.0 Å². The van der Waals surface area contributed by atoms with Gasteiger partial charge in [-0.2, -0.15) is 0 Å². The van der Waals surface area contributed by atoms with Gasteiger partial charge in [0.05, 0.1) is 11.4 Å². The summed E-state index contributed by atoms with van der Waals surface area (Å²) in [6, 6.07) is 8.48. The number of hydrogen-bond donors (Lipinski definition) is 4. The highest BCUT2D eigenvalue weighted by Gasteiger charge is 2.10. The number of carbonyl (C=O) groups is 1. The third-order valence-electron chi connectivity index (χ3n) is 2.50. The zero-order chi connectivity index (χ0) is 14.0. The highest BCUT2D eigenvalue weighted by atomic mass is 35.5. The molecule has 0 fully saturated rings. The highest BCUT2D eigenvalue weighted by molar-refractivity contribution is 6.31. The fourth-order valence-corrected chi connectivity index (χ4v) is 1.69. The van der Waals surface area contributed by atoms with Gasteiger partial charge in [0.1, 0.15) is 0 Å². The molecule has 0 aliphatic heterocycles. The summed E-state index contributed by atoms with van der Waals surface area (Å²) in [5.74, 6) is -1.11. The van der Waals surface area contributed by atoms with E-state index in [1.54, 1.807) is 12.1 Å². The molecule has 0 heterocycles. The number of aromatic hydroxyl groups is 2. The standard InChI is InChI=1S/C13H11ClN2O3/c14-8-2-3-10(9(15)6-8)16-13(19)7-1-4-11(17)12(18)5-7/h1-6,17-18H,15H2,(H,16,19). The molecule has 0 unspecified atom stereocenters. The van der Waals surface area contributed by atoms with E-state index in [-0.39, 0.29) is 17.1 Å². The summed E-state index contributed by atoms with van der Waals surface area (Å²) in [4.78, 5) is 11.9. The molecule has 0 atom stereocenters. The number of nitrogens with one attached hydrogen (secondary N) is 1. The Bertz CT molecular complexity index is 644. The number of nitrogens with two attached hydrogens (primary N) is 1. The van der Waals surface area contributed by atoms with Gasteiger partial charge in [-0.05, 0) is 36.4 Å². The fourth-order valence-electron chi connectivity index (χ4n) is 1.51. The molecule has 0 spiro atoms. The number of hydrogen-bond acceptors (Lipinski definition) is 4. The summed E-state index contributed by atoms with van der Waals surface area (Å²) in [7, 11) is 0. The van der Waals surface area contributed by atoms with Crippen molar-refractivity contribution in [3.63, 3.8) is 0 Å². The van der Waals surface area contributed by atoms with E-state index in [1.807, 2.05) is 0 Å². The van der Waals surface area contributed by atoms with Crippen molar-refractivity contribution in [3.8, 4) is 11.5 Å². The van der Waals surface area contributed by atoms with Crippen LogP contribution in [0.3, 0.4) is 0 Å². The first-order valence-electron chi connectivity index (χ1n) is 5.36. The monoisotopic (exact) mass is 278 g/mol. The minimum Gasteiger partial charge on any atom is -0.504 e. The Morgan fingerprint density at radius 1 is 1.11 bits per heavy atom. The summed E-state index contributed by atoms with van der Waals surface area (Å²) >= 11 is 5.76. The van der Waals surface area contributed by atoms with Crippen LogP contribution >= 0.6 is 11.6 Å². The van der Waals surface area contributed by atoms with Gasteiger partial charge in [-0.1, -0.05) is 11.6 Å². The number of halogens is 1. The molecule has 2 rings (SSSR count). The summed E-state index contributed by atoms with van der Waals surface area (Å²) in [6.07, 6.45) is 0. The Balaban J connectivity index is 2.23. The van der Waals surface area contributed by atoms with E-state index in [0.29, 0.717) is 16.4 Å². The predicted octanol–water partition coefficient (Wildman–Crippen LogP) is 2.59. The van der Waals surface area contributed by atoms with E-state index in [2.05, 4.69) is 5.32 Å². The molecular formula is C13H11ClN2O3. The van der Waals surface area contributed by atoms with Crippen molar-refractivity contribution in [1.82, 2.24) is 0 Å². The van der Waals surface area contributed by atoms with Crippen LogP contribution in [-0.4, -0.2) is 16.1 Å².